The number of aromatic amines is 2. The molecular formula is C47H32F4N4O5. The predicted octanol–water partition coefficient (Wildman–Crippen LogP) is 10.8. The molecule has 298 valence electrons. The van der Waals surface area contributed by atoms with E-state index in [-0.39, 0.29) is 53.7 Å². The Morgan fingerprint density at radius 2 is 0.850 bits per heavy atom. The van der Waals surface area contributed by atoms with Crippen LogP contribution in [-0.2, 0) is 0 Å². The third-order valence-corrected chi connectivity index (χ3v) is 10.2. The fraction of sp³-hybridized carbons (Fsp3) is 0.0638. The van der Waals surface area contributed by atoms with E-state index in [1.165, 1.54) is 30.3 Å². The number of aromatic nitrogens is 4. The molecule has 2 aliphatic rings. The Labute approximate surface area is 338 Å². The number of aromatic hydroxyl groups is 3. The molecule has 0 radical (unpaired) electrons. The zero-order valence-electron chi connectivity index (χ0n) is 31.3. The summed E-state index contributed by atoms with van der Waals surface area (Å²) in [5, 5.41) is 41.3. The number of phenols is 3. The lowest BCUT2D eigenvalue weighted by molar-refractivity contribution is 0.225. The van der Waals surface area contributed by atoms with Crippen LogP contribution in [0.5, 0.6) is 23.0 Å². The number of aliphatic hydroxyl groups excluding tert-OH is 1. The van der Waals surface area contributed by atoms with Gasteiger partial charge in [0, 0.05) is 57.3 Å². The second-order valence-electron chi connectivity index (χ2n) is 14.0. The molecular weight excluding hydrogens is 777 g/mol. The molecule has 4 aromatic carbocycles. The average Bonchev–Trinajstić information content (AvgIpc) is 4.08. The van der Waals surface area contributed by atoms with E-state index in [0.29, 0.717) is 67.0 Å². The van der Waals surface area contributed by atoms with Crippen LogP contribution < -0.4 is 4.74 Å². The van der Waals surface area contributed by atoms with Gasteiger partial charge in [-0.1, -0.05) is 36.4 Å². The molecule has 13 heteroatoms. The summed E-state index contributed by atoms with van der Waals surface area (Å²) in [6.07, 6.45) is 6.68. The van der Waals surface area contributed by atoms with Crippen molar-refractivity contribution in [3.63, 3.8) is 0 Å². The van der Waals surface area contributed by atoms with Crippen LogP contribution in [0.1, 0.15) is 29.2 Å². The fourth-order valence-electron chi connectivity index (χ4n) is 7.57. The molecule has 9 rings (SSSR count). The van der Waals surface area contributed by atoms with Gasteiger partial charge in [-0.25, -0.2) is 23.1 Å². The topological polar surface area (TPSA) is 148 Å². The van der Waals surface area contributed by atoms with E-state index in [2.05, 4.69) is 9.97 Å². The van der Waals surface area contributed by atoms with Gasteiger partial charge in [-0.15, -0.1) is 0 Å². The highest BCUT2D eigenvalue weighted by Crippen LogP contribution is 2.44. The van der Waals surface area contributed by atoms with Gasteiger partial charge in [0.05, 0.1) is 34.9 Å². The summed E-state index contributed by atoms with van der Waals surface area (Å²) in [4.78, 5) is 16.7. The minimum atomic E-state index is -2.08. The van der Waals surface area contributed by atoms with Gasteiger partial charge >= 0.3 is 0 Å². The Balaban J connectivity index is 1.50. The average molecular weight is 809 g/mol. The minimum absolute atomic E-state index is 0.00545. The molecule has 9 nitrogen and oxygen atoms in total. The van der Waals surface area contributed by atoms with Gasteiger partial charge in [0.25, 0.3) is 0 Å². The lowest BCUT2D eigenvalue weighted by atomic mass is 10.0. The summed E-state index contributed by atoms with van der Waals surface area (Å²) in [6, 6.07) is 26.4. The molecule has 0 fully saturated rings. The van der Waals surface area contributed by atoms with E-state index in [0.717, 1.165) is 0 Å². The van der Waals surface area contributed by atoms with Gasteiger partial charge < -0.3 is 35.1 Å². The molecule has 0 amide bonds. The van der Waals surface area contributed by atoms with E-state index in [9.17, 15) is 24.8 Å². The normalized spacial score (nSPS) is 12.0. The summed E-state index contributed by atoms with van der Waals surface area (Å²) >= 11 is 0. The molecule has 6 N–H and O–H groups in total. The summed E-state index contributed by atoms with van der Waals surface area (Å²) in [7, 11) is 0. The number of hydrogen-bond donors (Lipinski definition) is 6. The molecule has 0 atom stereocenters. The molecule has 0 saturated carbocycles. The predicted molar refractivity (Wildman–Crippen MR) is 223 cm³/mol. The second kappa shape index (κ2) is 15.3. The van der Waals surface area contributed by atoms with Crippen molar-refractivity contribution in [2.75, 3.05) is 13.2 Å². The number of rotatable bonds is 8. The molecule has 3 aromatic heterocycles. The first kappa shape index (κ1) is 37.9. The highest BCUT2D eigenvalue weighted by Gasteiger charge is 2.31. The third-order valence-electron chi connectivity index (χ3n) is 10.2. The van der Waals surface area contributed by atoms with E-state index in [1.54, 1.807) is 78.9 Å². The number of H-pyrrole nitrogens is 2. The van der Waals surface area contributed by atoms with Crippen LogP contribution in [0.3, 0.4) is 0 Å². The number of nitrogens with zero attached hydrogens (tertiary/aromatic N) is 2. The van der Waals surface area contributed by atoms with Crippen LogP contribution in [0.15, 0.2) is 97.1 Å². The number of hydrogen-bond acceptors (Lipinski definition) is 7. The number of aliphatic hydroxyl groups is 1. The molecule has 5 heterocycles. The number of nitrogens with one attached hydrogen (secondary N) is 2. The number of phenolic OH excluding ortho intramolecular Hbond substituents is 3. The largest absolute Gasteiger partial charge is 0.508 e. The fourth-order valence-corrected chi connectivity index (χ4v) is 7.57. The van der Waals surface area contributed by atoms with Gasteiger partial charge in [-0.2, -0.15) is 4.39 Å². The summed E-state index contributed by atoms with van der Waals surface area (Å²) in [6.45, 7) is -0.736. The number of fused-ring (bicyclic) bond motifs is 8. The monoisotopic (exact) mass is 808 g/mol. The van der Waals surface area contributed by atoms with Crippen molar-refractivity contribution in [3.05, 3.63) is 143 Å². The van der Waals surface area contributed by atoms with E-state index in [1.807, 2.05) is 12.1 Å². The summed E-state index contributed by atoms with van der Waals surface area (Å²) < 4.78 is 68.1. The third kappa shape index (κ3) is 6.70. The maximum Gasteiger partial charge on any atom is 0.204 e. The van der Waals surface area contributed by atoms with E-state index < -0.39 is 34.6 Å². The molecule has 7 aromatic rings. The zero-order chi connectivity index (χ0) is 41.7. The first-order chi connectivity index (χ1) is 29.1. The van der Waals surface area contributed by atoms with Gasteiger partial charge in [-0.05, 0) is 102 Å². The van der Waals surface area contributed by atoms with Crippen LogP contribution in [0, 0.1) is 23.3 Å². The first-order valence-electron chi connectivity index (χ1n) is 18.7. The van der Waals surface area contributed by atoms with Crippen molar-refractivity contribution in [1.29, 1.82) is 0 Å². The van der Waals surface area contributed by atoms with Crippen molar-refractivity contribution < 1.29 is 42.7 Å². The van der Waals surface area contributed by atoms with E-state index >= 15 is 13.2 Å². The minimum Gasteiger partial charge on any atom is -0.508 e. The zero-order valence-corrected chi connectivity index (χ0v) is 31.3. The molecule has 0 spiro atoms. The van der Waals surface area contributed by atoms with Crippen molar-refractivity contribution >= 4 is 46.4 Å². The quantitative estimate of drug-likeness (QED) is 0.0388. The lowest BCUT2D eigenvalue weighted by Crippen LogP contribution is -2.08. The lowest BCUT2D eigenvalue weighted by Gasteiger charge is -2.15. The highest BCUT2D eigenvalue weighted by atomic mass is 19.2. The Bertz CT molecular complexity index is 3070. The Morgan fingerprint density at radius 3 is 1.25 bits per heavy atom. The van der Waals surface area contributed by atoms with Crippen LogP contribution in [0.2, 0.25) is 0 Å². The van der Waals surface area contributed by atoms with Crippen LogP contribution in [-0.4, -0.2) is 53.6 Å². The Morgan fingerprint density at radius 1 is 0.467 bits per heavy atom. The highest BCUT2D eigenvalue weighted by molar-refractivity contribution is 6.00. The van der Waals surface area contributed by atoms with Gasteiger partial charge in [0.15, 0.2) is 17.4 Å². The standard InChI is InChI=1S/C47H32F4N4O5/c48-43-42(47(60-20-4-19-56)46(51)45(50)44(43)49)41-36-17-15-34(54-36)39(25-6-2-9-28(58)22-25)32-13-11-30(52-32)38(24-5-1-8-27(57)21-24)31-12-14-33(53-31)40(35-16-18-37(41)55-35)26-7-3-10-29(59)23-26/h1-3,5-18,21-23,52,55-59H,4,19-20H2. The Hall–Kier alpha value is -7.64. The number of ether oxygens (including phenoxy) is 1. The smallest absolute Gasteiger partial charge is 0.204 e. The van der Waals surface area contributed by atoms with Crippen molar-refractivity contribution in [2.45, 2.75) is 6.42 Å². The number of halogens is 4. The molecule has 0 saturated heterocycles. The first-order valence-corrected chi connectivity index (χ1v) is 18.7. The van der Waals surface area contributed by atoms with Crippen molar-refractivity contribution in [2.24, 2.45) is 0 Å². The Kier molecular flexibility index (Phi) is 9.65. The van der Waals surface area contributed by atoms with Crippen molar-refractivity contribution in [3.8, 4) is 67.5 Å². The maximum atomic E-state index is 16.4. The SMILES string of the molecule is OCCCOc1c(F)c(F)c(F)c(F)c1-c1c2nc(c(-c3cccc(O)c3)c3ccc([nH]3)c(-c3cccc(O)c3)c3nc(c(-c4cccc(O)c4)c4ccc1[nH]4)C=C3)C=C2. The molecule has 2 aliphatic heterocycles. The second-order valence-corrected chi connectivity index (χ2v) is 14.0. The maximum absolute atomic E-state index is 16.4. The number of benzene rings is 4. The van der Waals surface area contributed by atoms with Gasteiger partial charge in [0.1, 0.15) is 17.2 Å². The van der Waals surface area contributed by atoms with E-state index in [4.69, 9.17) is 14.7 Å². The van der Waals surface area contributed by atoms with Crippen molar-refractivity contribution in [1.82, 2.24) is 19.9 Å². The van der Waals surface area contributed by atoms with Crippen LogP contribution in [0.25, 0.3) is 90.9 Å². The van der Waals surface area contributed by atoms with Gasteiger partial charge in [0.2, 0.25) is 11.6 Å². The summed E-state index contributed by atoms with van der Waals surface area (Å²) in [5.74, 6) is -8.63. The molecule has 0 unspecified atom stereocenters. The van der Waals surface area contributed by atoms with Crippen LogP contribution >= 0.6 is 0 Å². The molecule has 60 heavy (non-hydrogen) atoms. The molecule has 0 aliphatic carbocycles. The van der Waals surface area contributed by atoms with Crippen LogP contribution in [0.4, 0.5) is 17.6 Å². The summed E-state index contributed by atoms with van der Waals surface area (Å²) in [5.41, 5.74) is 5.14. The molecule has 8 bridgehead atoms. The van der Waals surface area contributed by atoms with Gasteiger partial charge in [-0.3, -0.25) is 0 Å².